The van der Waals surface area contributed by atoms with Gasteiger partial charge in [-0.25, -0.2) is 5.43 Å². The molecule has 2 N–H and O–H groups in total. The maximum Gasteiger partial charge on any atom is 0.262 e. The summed E-state index contributed by atoms with van der Waals surface area (Å²) in [6.45, 7) is 6.35. The number of nitrogens with zero attached hydrogens (tertiary/aromatic N) is 1. The molecule has 0 aromatic heterocycles. The zero-order valence-electron chi connectivity index (χ0n) is 18.1. The lowest BCUT2D eigenvalue weighted by atomic mass is 10.0. The van der Waals surface area contributed by atoms with Crippen LogP contribution in [0.4, 0.5) is 0 Å². The number of unbranched alkanes of at least 4 members (excludes halogenated alkanes) is 1. The molecule has 0 aliphatic carbocycles. The summed E-state index contributed by atoms with van der Waals surface area (Å²) in [6, 6.07) is 9.32. The first-order valence-corrected chi connectivity index (χ1v) is 11.8. The van der Waals surface area contributed by atoms with Crippen molar-refractivity contribution in [3.8, 4) is 5.75 Å². The minimum absolute atomic E-state index is 0.171. The average Bonchev–Trinajstić information content (AvgIpc) is 2.75. The van der Waals surface area contributed by atoms with E-state index in [-0.39, 0.29) is 10.9 Å². The third-order valence-electron chi connectivity index (χ3n) is 4.52. The van der Waals surface area contributed by atoms with Gasteiger partial charge in [-0.2, -0.15) is 5.10 Å². The highest BCUT2D eigenvalue weighted by atomic mass is 79.9. The number of rotatable bonds is 10. The molecule has 0 saturated carbocycles. The number of nitrogens with one attached hydrogen (secondary N) is 2. The van der Waals surface area contributed by atoms with Gasteiger partial charge in [-0.05, 0) is 48.7 Å². The number of halogens is 3. The summed E-state index contributed by atoms with van der Waals surface area (Å²) < 4.78 is 6.66. The van der Waals surface area contributed by atoms with Crippen LogP contribution in [0.25, 0.3) is 0 Å². The summed E-state index contributed by atoms with van der Waals surface area (Å²) in [7, 11) is 0. The smallest absolute Gasteiger partial charge is 0.262 e. The van der Waals surface area contributed by atoms with Gasteiger partial charge in [0.15, 0.2) is 0 Å². The van der Waals surface area contributed by atoms with Crippen molar-refractivity contribution in [2.75, 3.05) is 6.61 Å². The third-order valence-corrected chi connectivity index (χ3v) is 5.76. The van der Waals surface area contributed by atoms with E-state index in [0.29, 0.717) is 22.9 Å². The van der Waals surface area contributed by atoms with Crippen LogP contribution in [-0.4, -0.2) is 30.7 Å². The monoisotopic (exact) mass is 541 g/mol. The Bertz CT molecular complexity index is 983. The molecule has 0 radical (unpaired) electrons. The maximum atomic E-state index is 12.7. The molecule has 9 heteroatoms. The number of carbonyl (C=O) groups is 2. The summed E-state index contributed by atoms with van der Waals surface area (Å²) in [5.41, 5.74) is 3.53. The molecule has 32 heavy (non-hydrogen) atoms. The quantitative estimate of drug-likeness (QED) is 0.225. The molecule has 2 amide bonds. The highest BCUT2D eigenvalue weighted by Gasteiger charge is 2.24. The Balaban J connectivity index is 2.07. The van der Waals surface area contributed by atoms with E-state index >= 15 is 0 Å². The molecule has 172 valence electrons. The van der Waals surface area contributed by atoms with Crippen molar-refractivity contribution in [1.82, 2.24) is 10.7 Å². The minimum atomic E-state index is -0.795. The second-order valence-corrected chi connectivity index (χ2v) is 9.17. The van der Waals surface area contributed by atoms with Crippen molar-refractivity contribution < 1.29 is 14.3 Å². The second-order valence-electron chi connectivity index (χ2n) is 7.44. The SMILES string of the molecule is CCCCOc1ccc(Br)cc1/C=N/NC(=O)C(NC(=O)c1ccc(Cl)c(Cl)c1)C(C)C. The standard InChI is InChI=1S/C23H26BrCl2N3O3/c1-4-5-10-32-20-9-7-17(24)11-16(20)13-27-29-23(31)21(14(2)3)28-22(30)15-6-8-18(25)19(26)12-15/h6-9,11-14,21H,4-5,10H2,1-3H3,(H,28,30)(H,29,31)/b27-13+. The number of amides is 2. The lowest BCUT2D eigenvalue weighted by molar-refractivity contribution is -0.123. The van der Waals surface area contributed by atoms with Gasteiger partial charge in [0.25, 0.3) is 11.8 Å². The normalized spacial score (nSPS) is 12.1. The fourth-order valence-electron chi connectivity index (χ4n) is 2.71. The molecule has 0 heterocycles. The average molecular weight is 543 g/mol. The number of carbonyl (C=O) groups excluding carboxylic acids is 2. The number of hydrazone groups is 1. The van der Waals surface area contributed by atoms with Gasteiger partial charge in [-0.1, -0.05) is 66.3 Å². The number of hydrogen-bond donors (Lipinski definition) is 2. The molecule has 2 aromatic rings. The lowest BCUT2D eigenvalue weighted by Gasteiger charge is -2.20. The molecule has 6 nitrogen and oxygen atoms in total. The fourth-order valence-corrected chi connectivity index (χ4v) is 3.39. The van der Waals surface area contributed by atoms with E-state index in [1.165, 1.54) is 18.3 Å². The van der Waals surface area contributed by atoms with Crippen LogP contribution in [0, 0.1) is 5.92 Å². The molecule has 0 aliphatic rings. The van der Waals surface area contributed by atoms with Crippen LogP contribution in [0.3, 0.4) is 0 Å². The van der Waals surface area contributed by atoms with Gasteiger partial charge in [0.2, 0.25) is 0 Å². The van der Waals surface area contributed by atoms with Crippen LogP contribution in [0.5, 0.6) is 5.75 Å². The largest absolute Gasteiger partial charge is 0.493 e. The van der Waals surface area contributed by atoms with E-state index in [1.807, 2.05) is 32.0 Å². The topological polar surface area (TPSA) is 79.8 Å². The molecule has 1 atom stereocenters. The van der Waals surface area contributed by atoms with Crippen molar-refractivity contribution >= 4 is 57.2 Å². The summed E-state index contributed by atoms with van der Waals surface area (Å²) in [5, 5.41) is 7.40. The Morgan fingerprint density at radius 3 is 2.56 bits per heavy atom. The molecule has 0 bridgehead atoms. The summed E-state index contributed by atoms with van der Waals surface area (Å²) in [4.78, 5) is 25.3. The van der Waals surface area contributed by atoms with Gasteiger partial charge in [0, 0.05) is 15.6 Å². The zero-order valence-corrected chi connectivity index (χ0v) is 21.2. The van der Waals surface area contributed by atoms with Crippen molar-refractivity contribution in [2.45, 2.75) is 39.7 Å². The van der Waals surface area contributed by atoms with Crippen molar-refractivity contribution in [3.63, 3.8) is 0 Å². The van der Waals surface area contributed by atoms with Gasteiger partial charge in [0.1, 0.15) is 11.8 Å². The van der Waals surface area contributed by atoms with Gasteiger partial charge in [-0.3, -0.25) is 9.59 Å². The second kappa shape index (κ2) is 12.8. The Labute approximate surface area is 206 Å². The van der Waals surface area contributed by atoms with Crippen molar-refractivity contribution in [1.29, 1.82) is 0 Å². The number of hydrogen-bond acceptors (Lipinski definition) is 4. The van der Waals surface area contributed by atoms with E-state index < -0.39 is 17.9 Å². The van der Waals surface area contributed by atoms with Crippen LogP contribution >= 0.6 is 39.1 Å². The van der Waals surface area contributed by atoms with Crippen LogP contribution in [-0.2, 0) is 4.79 Å². The Morgan fingerprint density at radius 2 is 1.91 bits per heavy atom. The van der Waals surface area contributed by atoms with E-state index in [9.17, 15) is 9.59 Å². The first kappa shape index (κ1) is 26.2. The maximum absolute atomic E-state index is 12.7. The Kier molecular flexibility index (Phi) is 10.5. The van der Waals surface area contributed by atoms with Crippen LogP contribution < -0.4 is 15.5 Å². The van der Waals surface area contributed by atoms with Gasteiger partial charge < -0.3 is 10.1 Å². The van der Waals surface area contributed by atoms with E-state index in [1.54, 1.807) is 6.07 Å². The fraction of sp³-hybridized carbons (Fsp3) is 0.348. The zero-order chi connectivity index (χ0) is 23.7. The molecular formula is C23H26BrCl2N3O3. The highest BCUT2D eigenvalue weighted by molar-refractivity contribution is 9.10. The van der Waals surface area contributed by atoms with E-state index in [2.05, 4.69) is 38.7 Å². The predicted molar refractivity (Wildman–Crippen MR) is 133 cm³/mol. The van der Waals surface area contributed by atoms with E-state index in [4.69, 9.17) is 27.9 Å². The molecule has 2 rings (SSSR count). The van der Waals surface area contributed by atoms with Gasteiger partial charge in [0.05, 0.1) is 22.9 Å². The van der Waals surface area contributed by atoms with Gasteiger partial charge >= 0.3 is 0 Å². The molecule has 1 unspecified atom stereocenters. The number of ether oxygens (including phenoxy) is 1. The highest BCUT2D eigenvalue weighted by Crippen LogP contribution is 2.23. The first-order valence-electron chi connectivity index (χ1n) is 10.2. The summed E-state index contributed by atoms with van der Waals surface area (Å²) in [5.74, 6) is -0.364. The first-order chi connectivity index (χ1) is 15.2. The molecule has 0 saturated heterocycles. The van der Waals surface area contributed by atoms with Crippen LogP contribution in [0.2, 0.25) is 10.0 Å². The number of benzene rings is 2. The third kappa shape index (κ3) is 7.80. The Morgan fingerprint density at radius 1 is 1.16 bits per heavy atom. The molecule has 0 spiro atoms. The predicted octanol–water partition coefficient (Wildman–Crippen LogP) is 5.84. The minimum Gasteiger partial charge on any atom is -0.493 e. The van der Waals surface area contributed by atoms with Gasteiger partial charge in [-0.15, -0.1) is 0 Å². The molecule has 2 aromatic carbocycles. The summed E-state index contributed by atoms with van der Waals surface area (Å²) >= 11 is 15.3. The molecule has 0 aliphatic heterocycles. The lowest BCUT2D eigenvalue weighted by Crippen LogP contribution is -2.48. The Hall–Kier alpha value is -2.09. The molecular weight excluding hydrogens is 517 g/mol. The van der Waals surface area contributed by atoms with Crippen LogP contribution in [0.1, 0.15) is 49.5 Å². The summed E-state index contributed by atoms with van der Waals surface area (Å²) in [6.07, 6.45) is 3.49. The van der Waals surface area contributed by atoms with Crippen molar-refractivity contribution in [2.24, 2.45) is 11.0 Å². The van der Waals surface area contributed by atoms with E-state index in [0.717, 1.165) is 22.9 Å². The van der Waals surface area contributed by atoms with Crippen molar-refractivity contribution in [3.05, 3.63) is 62.0 Å². The molecule has 0 fully saturated rings. The van der Waals surface area contributed by atoms with Crippen LogP contribution in [0.15, 0.2) is 46.0 Å².